The molecule has 0 saturated carbocycles. The molecular formula is C19H23NO3S. The van der Waals surface area contributed by atoms with Crippen LogP contribution in [0.4, 0.5) is 0 Å². The molecule has 0 fully saturated rings. The third kappa shape index (κ3) is 6.16. The Hall–Kier alpha value is -2.14. The van der Waals surface area contributed by atoms with Crippen LogP contribution < -0.4 is 14.8 Å². The van der Waals surface area contributed by atoms with Gasteiger partial charge in [0, 0.05) is 18.1 Å². The lowest BCUT2D eigenvalue weighted by atomic mass is 10.2. The number of amides is 1. The van der Waals surface area contributed by atoms with Gasteiger partial charge in [-0.15, -0.1) is 0 Å². The normalized spacial score (nSPS) is 11.6. The molecule has 0 unspecified atom stereocenters. The van der Waals surface area contributed by atoms with E-state index in [1.54, 1.807) is 50.1 Å². The lowest BCUT2D eigenvalue weighted by molar-refractivity contribution is -0.127. The molecule has 1 amide bonds. The second-order valence-electron chi connectivity index (χ2n) is 5.26. The van der Waals surface area contributed by atoms with Crippen molar-refractivity contribution in [1.82, 2.24) is 5.32 Å². The van der Waals surface area contributed by atoms with Crippen LogP contribution in [0.1, 0.15) is 12.5 Å². The molecule has 5 heteroatoms. The van der Waals surface area contributed by atoms with Gasteiger partial charge in [-0.2, -0.15) is 11.8 Å². The van der Waals surface area contributed by atoms with Crippen LogP contribution >= 0.6 is 11.8 Å². The minimum absolute atomic E-state index is 0.105. The monoisotopic (exact) mass is 345 g/mol. The summed E-state index contributed by atoms with van der Waals surface area (Å²) in [6, 6.07) is 17.5. The fourth-order valence-corrected chi connectivity index (χ4v) is 2.89. The molecule has 0 saturated heterocycles. The van der Waals surface area contributed by atoms with Gasteiger partial charge in [0.2, 0.25) is 0 Å². The molecule has 0 aliphatic rings. The minimum Gasteiger partial charge on any atom is -0.497 e. The first-order chi connectivity index (χ1) is 11.7. The highest BCUT2D eigenvalue weighted by atomic mass is 32.2. The molecule has 0 aliphatic carbocycles. The fourth-order valence-electron chi connectivity index (χ4n) is 2.07. The number of hydrogen-bond donors (Lipinski definition) is 1. The summed E-state index contributed by atoms with van der Waals surface area (Å²) in [6.07, 6.45) is -0.530. The van der Waals surface area contributed by atoms with Crippen LogP contribution in [-0.2, 0) is 10.5 Å². The highest BCUT2D eigenvalue weighted by Crippen LogP contribution is 2.18. The van der Waals surface area contributed by atoms with Crippen LogP contribution in [0.2, 0.25) is 0 Å². The highest BCUT2D eigenvalue weighted by molar-refractivity contribution is 7.98. The van der Waals surface area contributed by atoms with Crippen molar-refractivity contribution < 1.29 is 14.3 Å². The van der Waals surface area contributed by atoms with Gasteiger partial charge < -0.3 is 14.8 Å². The Balaban J connectivity index is 1.64. The van der Waals surface area contributed by atoms with E-state index >= 15 is 0 Å². The van der Waals surface area contributed by atoms with Crippen molar-refractivity contribution in [3.05, 3.63) is 60.2 Å². The predicted octanol–water partition coefficient (Wildman–Crippen LogP) is 3.51. The average molecular weight is 345 g/mol. The standard InChI is InChI=1S/C19H23NO3S/c1-15(23-18-10-8-17(22-2)9-11-18)19(21)20-12-13-24-14-16-6-4-3-5-7-16/h3-11,15H,12-14H2,1-2H3,(H,20,21)/t15-/m1/s1. The maximum absolute atomic E-state index is 12.0. The van der Waals surface area contributed by atoms with Gasteiger partial charge in [-0.25, -0.2) is 0 Å². The topological polar surface area (TPSA) is 47.6 Å². The molecule has 0 aromatic heterocycles. The predicted molar refractivity (Wildman–Crippen MR) is 98.7 cm³/mol. The van der Waals surface area contributed by atoms with Gasteiger partial charge in [0.05, 0.1) is 7.11 Å². The zero-order chi connectivity index (χ0) is 17.2. The van der Waals surface area contributed by atoms with E-state index in [-0.39, 0.29) is 5.91 Å². The molecule has 0 bridgehead atoms. The zero-order valence-electron chi connectivity index (χ0n) is 14.0. The molecule has 1 atom stereocenters. The second kappa shape index (κ2) is 9.88. The molecule has 1 N–H and O–H groups in total. The Morgan fingerprint density at radius 2 is 1.75 bits per heavy atom. The van der Waals surface area contributed by atoms with Gasteiger partial charge in [0.25, 0.3) is 5.91 Å². The van der Waals surface area contributed by atoms with E-state index in [1.165, 1.54) is 5.56 Å². The first-order valence-electron chi connectivity index (χ1n) is 7.89. The quantitative estimate of drug-likeness (QED) is 0.707. The van der Waals surface area contributed by atoms with E-state index in [4.69, 9.17) is 9.47 Å². The van der Waals surface area contributed by atoms with Crippen molar-refractivity contribution in [3.63, 3.8) is 0 Å². The Morgan fingerprint density at radius 1 is 1.08 bits per heavy atom. The van der Waals surface area contributed by atoms with E-state index in [2.05, 4.69) is 17.4 Å². The van der Waals surface area contributed by atoms with E-state index in [1.807, 2.05) is 18.2 Å². The minimum atomic E-state index is -0.530. The van der Waals surface area contributed by atoms with E-state index in [0.717, 1.165) is 17.3 Å². The molecule has 0 radical (unpaired) electrons. The highest BCUT2D eigenvalue weighted by Gasteiger charge is 2.13. The van der Waals surface area contributed by atoms with Crippen molar-refractivity contribution in [1.29, 1.82) is 0 Å². The summed E-state index contributed by atoms with van der Waals surface area (Å²) in [5.41, 5.74) is 1.30. The molecular weight excluding hydrogens is 322 g/mol. The number of benzene rings is 2. The third-order valence-corrected chi connectivity index (χ3v) is 4.43. The lowest BCUT2D eigenvalue weighted by Gasteiger charge is -2.15. The van der Waals surface area contributed by atoms with Crippen molar-refractivity contribution >= 4 is 17.7 Å². The fraction of sp³-hybridized carbons (Fsp3) is 0.316. The number of thioether (sulfide) groups is 1. The number of nitrogens with one attached hydrogen (secondary N) is 1. The van der Waals surface area contributed by atoms with E-state index < -0.39 is 6.10 Å². The summed E-state index contributed by atoms with van der Waals surface area (Å²) in [5, 5.41) is 2.90. The Morgan fingerprint density at radius 3 is 2.42 bits per heavy atom. The van der Waals surface area contributed by atoms with E-state index in [9.17, 15) is 4.79 Å². The van der Waals surface area contributed by atoms with Gasteiger partial charge in [-0.3, -0.25) is 4.79 Å². The third-order valence-electron chi connectivity index (χ3n) is 3.40. The molecule has 2 aromatic carbocycles. The number of carbonyl (C=O) groups is 1. The van der Waals surface area contributed by atoms with Gasteiger partial charge in [-0.1, -0.05) is 30.3 Å². The van der Waals surface area contributed by atoms with Gasteiger partial charge in [0.1, 0.15) is 11.5 Å². The summed E-state index contributed by atoms with van der Waals surface area (Å²) in [7, 11) is 1.61. The Labute approximate surface area is 147 Å². The first-order valence-corrected chi connectivity index (χ1v) is 9.04. The smallest absolute Gasteiger partial charge is 0.260 e. The summed E-state index contributed by atoms with van der Waals surface area (Å²) in [6.45, 7) is 2.38. The molecule has 24 heavy (non-hydrogen) atoms. The van der Waals surface area contributed by atoms with Crippen LogP contribution in [-0.4, -0.2) is 31.4 Å². The van der Waals surface area contributed by atoms with Crippen LogP contribution in [0.15, 0.2) is 54.6 Å². The maximum atomic E-state index is 12.0. The molecule has 2 aromatic rings. The molecule has 0 aliphatic heterocycles. The van der Waals surface area contributed by atoms with Gasteiger partial charge in [-0.05, 0) is 36.8 Å². The average Bonchev–Trinajstić information content (AvgIpc) is 2.62. The number of hydrogen-bond acceptors (Lipinski definition) is 4. The van der Waals surface area contributed by atoms with Crippen molar-refractivity contribution in [2.45, 2.75) is 18.8 Å². The van der Waals surface area contributed by atoms with Crippen LogP contribution in [0.5, 0.6) is 11.5 Å². The maximum Gasteiger partial charge on any atom is 0.260 e. The molecule has 2 rings (SSSR count). The van der Waals surface area contributed by atoms with Crippen molar-refractivity contribution in [2.24, 2.45) is 0 Å². The molecule has 4 nitrogen and oxygen atoms in total. The van der Waals surface area contributed by atoms with Crippen LogP contribution in [0.25, 0.3) is 0 Å². The molecule has 0 heterocycles. The number of methoxy groups -OCH3 is 1. The second-order valence-corrected chi connectivity index (χ2v) is 6.37. The Bertz CT molecular complexity index is 616. The number of rotatable bonds is 9. The van der Waals surface area contributed by atoms with Gasteiger partial charge >= 0.3 is 0 Å². The summed E-state index contributed by atoms with van der Waals surface area (Å²) >= 11 is 1.80. The summed E-state index contributed by atoms with van der Waals surface area (Å²) in [4.78, 5) is 12.0. The number of ether oxygens (including phenoxy) is 2. The van der Waals surface area contributed by atoms with Crippen molar-refractivity contribution in [2.75, 3.05) is 19.4 Å². The SMILES string of the molecule is COc1ccc(O[C@H](C)C(=O)NCCSCc2ccccc2)cc1. The number of carbonyl (C=O) groups excluding carboxylic acids is 1. The Kier molecular flexibility index (Phi) is 7.49. The first kappa shape index (κ1) is 18.2. The van der Waals surface area contributed by atoms with E-state index in [0.29, 0.717) is 12.3 Å². The lowest BCUT2D eigenvalue weighted by Crippen LogP contribution is -2.37. The molecule has 0 spiro atoms. The summed E-state index contributed by atoms with van der Waals surface area (Å²) in [5.74, 6) is 3.13. The van der Waals surface area contributed by atoms with Crippen molar-refractivity contribution in [3.8, 4) is 11.5 Å². The molecule has 128 valence electrons. The van der Waals surface area contributed by atoms with Crippen LogP contribution in [0.3, 0.4) is 0 Å². The zero-order valence-corrected chi connectivity index (χ0v) is 14.8. The summed E-state index contributed by atoms with van der Waals surface area (Å²) < 4.78 is 10.7. The van der Waals surface area contributed by atoms with Crippen LogP contribution in [0, 0.1) is 0 Å². The largest absolute Gasteiger partial charge is 0.497 e. The van der Waals surface area contributed by atoms with Gasteiger partial charge in [0.15, 0.2) is 6.10 Å².